The highest BCUT2D eigenvalue weighted by Gasteiger charge is 2.31. The first kappa shape index (κ1) is 11.5. The lowest BCUT2D eigenvalue weighted by molar-refractivity contribution is -0.149. The van der Waals surface area contributed by atoms with Gasteiger partial charge in [-0.05, 0) is 25.7 Å². The molecule has 0 aliphatic rings. The van der Waals surface area contributed by atoms with Crippen molar-refractivity contribution in [3.63, 3.8) is 0 Å². The molecule has 0 spiro atoms. The molecule has 2 atom stereocenters. The molecule has 0 aromatic rings. The highest BCUT2D eigenvalue weighted by Crippen LogP contribution is 2.30. The van der Waals surface area contributed by atoms with E-state index in [0.717, 1.165) is 12.8 Å². The van der Waals surface area contributed by atoms with Crippen LogP contribution >= 0.6 is 0 Å². The molecule has 72 valence electrons. The lowest BCUT2D eigenvalue weighted by atomic mass is 9.79. The van der Waals surface area contributed by atoms with E-state index >= 15 is 0 Å². The number of hydrogen-bond donors (Lipinski definition) is 1. The molecule has 0 saturated heterocycles. The van der Waals surface area contributed by atoms with Crippen LogP contribution < -0.4 is 0 Å². The molecule has 2 nitrogen and oxygen atoms in total. The Morgan fingerprint density at radius 3 is 2.25 bits per heavy atom. The predicted octanol–water partition coefficient (Wildman–Crippen LogP) is 2.92. The zero-order valence-corrected chi connectivity index (χ0v) is 8.55. The van der Waals surface area contributed by atoms with Crippen molar-refractivity contribution in [1.29, 1.82) is 0 Å². The van der Waals surface area contributed by atoms with Crippen LogP contribution in [0.4, 0.5) is 0 Å². The topological polar surface area (TPSA) is 37.3 Å². The maximum Gasteiger partial charge on any atom is 0.309 e. The minimum atomic E-state index is -0.662. The summed E-state index contributed by atoms with van der Waals surface area (Å²) in [6.07, 6.45) is 2.56. The van der Waals surface area contributed by atoms with E-state index in [1.807, 2.05) is 13.8 Å². The molecule has 0 saturated carbocycles. The summed E-state index contributed by atoms with van der Waals surface area (Å²) < 4.78 is 0. The molecule has 12 heavy (non-hydrogen) atoms. The molecule has 0 radical (unpaired) electrons. The summed E-state index contributed by atoms with van der Waals surface area (Å²) in [5.41, 5.74) is -0.518. The molecule has 0 rings (SSSR count). The lowest BCUT2D eigenvalue weighted by Gasteiger charge is -2.25. The standard InChI is InChI=1S/C10H20O2/c1-5-8(3)7-10(4,6-2)9(11)12/h8H,5-7H2,1-4H3,(H,11,12)/t8-,10-/m1/s1. The van der Waals surface area contributed by atoms with Crippen molar-refractivity contribution in [2.75, 3.05) is 0 Å². The summed E-state index contributed by atoms with van der Waals surface area (Å²) in [6.45, 7) is 7.98. The maximum absolute atomic E-state index is 10.9. The van der Waals surface area contributed by atoms with Gasteiger partial charge in [-0.3, -0.25) is 4.79 Å². The van der Waals surface area contributed by atoms with Crippen LogP contribution in [0.3, 0.4) is 0 Å². The van der Waals surface area contributed by atoms with E-state index in [4.69, 9.17) is 5.11 Å². The molecule has 0 unspecified atom stereocenters. The number of rotatable bonds is 5. The second kappa shape index (κ2) is 4.48. The van der Waals surface area contributed by atoms with Crippen LogP contribution in [0.25, 0.3) is 0 Å². The van der Waals surface area contributed by atoms with E-state index in [9.17, 15) is 4.79 Å². The van der Waals surface area contributed by atoms with Crippen molar-refractivity contribution < 1.29 is 9.90 Å². The largest absolute Gasteiger partial charge is 0.481 e. The molecular weight excluding hydrogens is 152 g/mol. The first-order valence-corrected chi connectivity index (χ1v) is 4.69. The van der Waals surface area contributed by atoms with Crippen LogP contribution in [0, 0.1) is 11.3 Å². The van der Waals surface area contributed by atoms with Gasteiger partial charge in [-0.25, -0.2) is 0 Å². The molecule has 0 fully saturated rings. The molecule has 0 aromatic heterocycles. The Morgan fingerprint density at radius 2 is 2.00 bits per heavy atom. The number of aliphatic carboxylic acids is 1. The quantitative estimate of drug-likeness (QED) is 0.692. The average Bonchev–Trinajstić information content (AvgIpc) is 2.03. The Bertz CT molecular complexity index is 154. The molecule has 0 heterocycles. The zero-order chi connectivity index (χ0) is 9.78. The highest BCUT2D eigenvalue weighted by atomic mass is 16.4. The Balaban J connectivity index is 4.23. The number of carbonyl (C=O) groups is 1. The van der Waals surface area contributed by atoms with Crippen LogP contribution in [0.2, 0.25) is 0 Å². The molecule has 1 N–H and O–H groups in total. The van der Waals surface area contributed by atoms with Gasteiger partial charge < -0.3 is 5.11 Å². The van der Waals surface area contributed by atoms with Gasteiger partial charge in [-0.1, -0.05) is 27.2 Å². The van der Waals surface area contributed by atoms with Crippen molar-refractivity contribution in [3.8, 4) is 0 Å². The van der Waals surface area contributed by atoms with Crippen molar-refractivity contribution in [2.45, 2.75) is 47.0 Å². The van der Waals surface area contributed by atoms with Crippen LogP contribution in [0.1, 0.15) is 47.0 Å². The zero-order valence-electron chi connectivity index (χ0n) is 8.55. The minimum absolute atomic E-state index is 0.506. The predicted molar refractivity (Wildman–Crippen MR) is 50.1 cm³/mol. The number of hydrogen-bond acceptors (Lipinski definition) is 1. The van der Waals surface area contributed by atoms with Crippen LogP contribution in [-0.2, 0) is 4.79 Å². The van der Waals surface area contributed by atoms with Crippen LogP contribution in [0.15, 0.2) is 0 Å². The fourth-order valence-electron chi connectivity index (χ4n) is 1.30. The summed E-state index contributed by atoms with van der Waals surface area (Å²) in [5, 5.41) is 8.98. The third-order valence-electron chi connectivity index (χ3n) is 2.79. The highest BCUT2D eigenvalue weighted by molar-refractivity contribution is 5.73. The summed E-state index contributed by atoms with van der Waals surface area (Å²) >= 11 is 0. The van der Waals surface area contributed by atoms with Gasteiger partial charge >= 0.3 is 5.97 Å². The van der Waals surface area contributed by atoms with Gasteiger partial charge in [0.1, 0.15) is 0 Å². The van der Waals surface area contributed by atoms with Crippen molar-refractivity contribution in [3.05, 3.63) is 0 Å². The van der Waals surface area contributed by atoms with Gasteiger partial charge in [0.2, 0.25) is 0 Å². The van der Waals surface area contributed by atoms with Gasteiger partial charge in [-0.2, -0.15) is 0 Å². The summed E-state index contributed by atoms with van der Waals surface area (Å²) in [4.78, 5) is 10.9. The molecular formula is C10H20O2. The second-order valence-electron chi connectivity index (χ2n) is 3.94. The Labute approximate surface area is 75.0 Å². The van der Waals surface area contributed by atoms with E-state index in [1.165, 1.54) is 0 Å². The van der Waals surface area contributed by atoms with Gasteiger partial charge in [0, 0.05) is 0 Å². The molecule has 0 bridgehead atoms. The Morgan fingerprint density at radius 1 is 1.50 bits per heavy atom. The molecule has 0 aromatic carbocycles. The first-order valence-electron chi connectivity index (χ1n) is 4.69. The fourth-order valence-corrected chi connectivity index (χ4v) is 1.30. The third-order valence-corrected chi connectivity index (χ3v) is 2.79. The normalized spacial score (nSPS) is 18.3. The maximum atomic E-state index is 10.9. The van der Waals surface area contributed by atoms with E-state index in [0.29, 0.717) is 12.3 Å². The van der Waals surface area contributed by atoms with Gasteiger partial charge in [0.25, 0.3) is 0 Å². The fraction of sp³-hybridized carbons (Fsp3) is 0.900. The summed E-state index contributed by atoms with van der Waals surface area (Å²) in [7, 11) is 0. The Kier molecular flexibility index (Phi) is 4.29. The molecule has 0 aliphatic carbocycles. The van der Waals surface area contributed by atoms with E-state index in [1.54, 1.807) is 0 Å². The SMILES string of the molecule is CC[C@@H](C)C[C@@](C)(CC)C(=O)O. The minimum Gasteiger partial charge on any atom is -0.481 e. The van der Waals surface area contributed by atoms with E-state index in [-0.39, 0.29) is 0 Å². The monoisotopic (exact) mass is 172 g/mol. The summed E-state index contributed by atoms with van der Waals surface area (Å²) in [6, 6.07) is 0. The smallest absolute Gasteiger partial charge is 0.309 e. The van der Waals surface area contributed by atoms with Gasteiger partial charge in [0.05, 0.1) is 5.41 Å². The number of carboxylic acid groups (broad SMARTS) is 1. The summed E-state index contributed by atoms with van der Waals surface area (Å²) in [5.74, 6) is -0.156. The van der Waals surface area contributed by atoms with E-state index in [2.05, 4.69) is 13.8 Å². The number of carboxylic acids is 1. The third kappa shape index (κ3) is 2.84. The second-order valence-corrected chi connectivity index (χ2v) is 3.94. The molecule has 2 heteroatoms. The van der Waals surface area contributed by atoms with Gasteiger partial charge in [-0.15, -0.1) is 0 Å². The lowest BCUT2D eigenvalue weighted by Crippen LogP contribution is -2.28. The van der Waals surface area contributed by atoms with E-state index < -0.39 is 11.4 Å². The van der Waals surface area contributed by atoms with Gasteiger partial charge in [0.15, 0.2) is 0 Å². The van der Waals surface area contributed by atoms with Crippen molar-refractivity contribution in [1.82, 2.24) is 0 Å². The molecule has 0 amide bonds. The van der Waals surface area contributed by atoms with Crippen molar-refractivity contribution in [2.24, 2.45) is 11.3 Å². The Hall–Kier alpha value is -0.530. The van der Waals surface area contributed by atoms with Crippen LogP contribution in [0.5, 0.6) is 0 Å². The average molecular weight is 172 g/mol. The molecule has 0 aliphatic heterocycles. The van der Waals surface area contributed by atoms with Crippen molar-refractivity contribution >= 4 is 5.97 Å². The van der Waals surface area contributed by atoms with Crippen LogP contribution in [-0.4, -0.2) is 11.1 Å². The first-order chi connectivity index (χ1) is 5.46.